The summed E-state index contributed by atoms with van der Waals surface area (Å²) in [7, 11) is 0. The molecular weight excluding hydrogens is 362 g/mol. The molecule has 146 valence electrons. The van der Waals surface area contributed by atoms with Crippen LogP contribution in [0.3, 0.4) is 0 Å². The van der Waals surface area contributed by atoms with E-state index in [0.29, 0.717) is 5.56 Å². The molecule has 2 aromatic heterocycles. The predicted octanol–water partition coefficient (Wildman–Crippen LogP) is 2.82. The molecule has 0 radical (unpaired) electrons. The van der Waals surface area contributed by atoms with Crippen LogP contribution in [0.15, 0.2) is 42.9 Å². The zero-order valence-corrected chi connectivity index (χ0v) is 16.3. The maximum absolute atomic E-state index is 8.94. The molecule has 7 nitrogen and oxygen atoms in total. The normalized spacial score (nSPS) is 17.0. The first kappa shape index (κ1) is 17.7. The number of piperazine rings is 1. The summed E-state index contributed by atoms with van der Waals surface area (Å²) in [6.45, 7) is 5.82. The number of pyridine rings is 1. The monoisotopic (exact) mass is 385 g/mol. The number of rotatable bonds is 3. The number of fused-ring (bicyclic) bond motifs is 1. The van der Waals surface area contributed by atoms with Crippen molar-refractivity contribution in [3.05, 3.63) is 48.4 Å². The average molecular weight is 385 g/mol. The fourth-order valence-corrected chi connectivity index (χ4v) is 4.24. The molecule has 0 spiro atoms. The third-order valence-corrected chi connectivity index (χ3v) is 5.85. The Kier molecular flexibility index (Phi) is 4.60. The Morgan fingerprint density at radius 2 is 1.59 bits per heavy atom. The van der Waals surface area contributed by atoms with Gasteiger partial charge in [-0.15, -0.1) is 0 Å². The summed E-state index contributed by atoms with van der Waals surface area (Å²) < 4.78 is 0. The van der Waals surface area contributed by atoms with Crippen LogP contribution < -0.4 is 14.7 Å². The van der Waals surface area contributed by atoms with Crippen LogP contribution in [0, 0.1) is 11.3 Å². The van der Waals surface area contributed by atoms with E-state index >= 15 is 0 Å². The van der Waals surface area contributed by atoms with Crippen LogP contribution in [-0.4, -0.2) is 54.2 Å². The van der Waals surface area contributed by atoms with Gasteiger partial charge < -0.3 is 14.7 Å². The predicted molar refractivity (Wildman–Crippen MR) is 114 cm³/mol. The highest BCUT2D eigenvalue weighted by Gasteiger charge is 2.21. The number of hydrogen-bond acceptors (Lipinski definition) is 7. The summed E-state index contributed by atoms with van der Waals surface area (Å²) >= 11 is 0. The molecule has 0 atom stereocenters. The molecule has 0 N–H and O–H groups in total. The summed E-state index contributed by atoms with van der Waals surface area (Å²) in [5, 5.41) is 10.1. The Morgan fingerprint density at radius 3 is 2.31 bits per heavy atom. The van der Waals surface area contributed by atoms with Crippen LogP contribution in [0.5, 0.6) is 0 Å². The number of nitriles is 1. The molecule has 2 saturated heterocycles. The summed E-state index contributed by atoms with van der Waals surface area (Å²) in [6.07, 6.45) is 5.79. The van der Waals surface area contributed by atoms with Crippen LogP contribution in [0.25, 0.3) is 10.9 Å². The zero-order valence-electron chi connectivity index (χ0n) is 16.3. The van der Waals surface area contributed by atoms with Crippen molar-refractivity contribution in [1.82, 2.24) is 15.0 Å². The third-order valence-electron chi connectivity index (χ3n) is 5.85. The Morgan fingerprint density at radius 1 is 0.793 bits per heavy atom. The van der Waals surface area contributed by atoms with E-state index in [1.165, 1.54) is 18.5 Å². The van der Waals surface area contributed by atoms with Crippen LogP contribution in [0.4, 0.5) is 17.3 Å². The molecule has 0 saturated carbocycles. The molecule has 0 aliphatic carbocycles. The second kappa shape index (κ2) is 7.55. The number of hydrogen-bond donors (Lipinski definition) is 0. The number of benzene rings is 1. The Bertz CT molecular complexity index is 1040. The van der Waals surface area contributed by atoms with E-state index in [9.17, 15) is 0 Å². The van der Waals surface area contributed by atoms with Gasteiger partial charge in [0.1, 0.15) is 24.0 Å². The molecule has 5 rings (SSSR count). The standard InChI is InChI=1S/C22H23N7/c23-14-17-3-6-21(24-15-17)28-11-9-27(10-12-28)18-4-5-20-19(13-18)22(26-16-25-20)29-7-1-2-8-29/h3-6,13,15-16H,1-2,7-12H2. The quantitative estimate of drug-likeness (QED) is 0.686. The van der Waals surface area contributed by atoms with Gasteiger partial charge in [0.05, 0.1) is 11.1 Å². The van der Waals surface area contributed by atoms with E-state index in [4.69, 9.17) is 5.26 Å². The van der Waals surface area contributed by atoms with Crippen molar-refractivity contribution in [1.29, 1.82) is 5.26 Å². The number of anilines is 3. The Hall–Kier alpha value is -3.40. The van der Waals surface area contributed by atoms with Crippen molar-refractivity contribution >= 4 is 28.2 Å². The molecule has 2 fully saturated rings. The minimum atomic E-state index is 0.597. The summed E-state index contributed by atoms with van der Waals surface area (Å²) in [5.41, 5.74) is 2.82. The molecular formula is C22H23N7. The van der Waals surface area contributed by atoms with Gasteiger partial charge in [-0.3, -0.25) is 0 Å². The van der Waals surface area contributed by atoms with E-state index < -0.39 is 0 Å². The summed E-state index contributed by atoms with van der Waals surface area (Å²) in [6, 6.07) is 12.4. The molecule has 0 amide bonds. The smallest absolute Gasteiger partial charge is 0.139 e. The number of aromatic nitrogens is 3. The molecule has 3 aromatic rings. The number of nitrogens with zero attached hydrogens (tertiary/aromatic N) is 7. The van der Waals surface area contributed by atoms with E-state index in [-0.39, 0.29) is 0 Å². The SMILES string of the molecule is N#Cc1ccc(N2CCN(c3ccc4ncnc(N5CCCC5)c4c3)CC2)nc1. The molecule has 2 aliphatic rings. The average Bonchev–Trinajstić information content (AvgIpc) is 3.33. The summed E-state index contributed by atoms with van der Waals surface area (Å²) in [5.74, 6) is 2.00. The first-order chi connectivity index (χ1) is 14.3. The van der Waals surface area contributed by atoms with Gasteiger partial charge in [-0.25, -0.2) is 15.0 Å². The first-order valence-electron chi connectivity index (χ1n) is 10.2. The lowest BCUT2D eigenvalue weighted by Crippen LogP contribution is -2.46. The Labute approximate surface area is 170 Å². The molecule has 1 aromatic carbocycles. The van der Waals surface area contributed by atoms with Crippen LogP contribution in [0.1, 0.15) is 18.4 Å². The fourth-order valence-electron chi connectivity index (χ4n) is 4.24. The summed E-state index contributed by atoms with van der Waals surface area (Å²) in [4.78, 5) is 20.6. The van der Waals surface area contributed by atoms with Gasteiger partial charge in [-0.2, -0.15) is 5.26 Å². The van der Waals surface area contributed by atoms with Crippen molar-refractivity contribution in [3.63, 3.8) is 0 Å². The van der Waals surface area contributed by atoms with E-state index in [1.54, 1.807) is 12.5 Å². The van der Waals surface area contributed by atoms with E-state index in [2.05, 4.69) is 53.9 Å². The second-order valence-corrected chi connectivity index (χ2v) is 7.58. The maximum Gasteiger partial charge on any atom is 0.139 e. The van der Waals surface area contributed by atoms with Gasteiger partial charge in [-0.1, -0.05) is 0 Å². The van der Waals surface area contributed by atoms with Crippen molar-refractivity contribution in [3.8, 4) is 6.07 Å². The highest BCUT2D eigenvalue weighted by Crippen LogP contribution is 2.30. The maximum atomic E-state index is 8.94. The second-order valence-electron chi connectivity index (χ2n) is 7.58. The third kappa shape index (κ3) is 3.42. The molecule has 29 heavy (non-hydrogen) atoms. The molecule has 0 unspecified atom stereocenters. The van der Waals surface area contributed by atoms with Gasteiger partial charge in [-0.05, 0) is 43.2 Å². The molecule has 4 heterocycles. The van der Waals surface area contributed by atoms with Gasteiger partial charge in [0, 0.05) is 56.5 Å². The fraction of sp³-hybridized carbons (Fsp3) is 0.364. The highest BCUT2D eigenvalue weighted by molar-refractivity contribution is 5.92. The lowest BCUT2D eigenvalue weighted by atomic mass is 10.1. The van der Waals surface area contributed by atoms with Gasteiger partial charge in [0.25, 0.3) is 0 Å². The van der Waals surface area contributed by atoms with Crippen LogP contribution in [0.2, 0.25) is 0 Å². The highest BCUT2D eigenvalue weighted by atomic mass is 15.3. The first-order valence-corrected chi connectivity index (χ1v) is 10.2. The van der Waals surface area contributed by atoms with Crippen molar-refractivity contribution < 1.29 is 0 Å². The lowest BCUT2D eigenvalue weighted by Gasteiger charge is -2.36. The van der Waals surface area contributed by atoms with E-state index in [1.807, 2.05) is 12.1 Å². The zero-order chi connectivity index (χ0) is 19.6. The van der Waals surface area contributed by atoms with Gasteiger partial charge >= 0.3 is 0 Å². The van der Waals surface area contributed by atoms with Crippen molar-refractivity contribution in [2.75, 3.05) is 54.0 Å². The molecule has 0 bridgehead atoms. The van der Waals surface area contributed by atoms with Gasteiger partial charge in [0.2, 0.25) is 0 Å². The minimum Gasteiger partial charge on any atom is -0.368 e. The lowest BCUT2D eigenvalue weighted by molar-refractivity contribution is 0.647. The molecule has 7 heteroatoms. The van der Waals surface area contributed by atoms with Crippen LogP contribution >= 0.6 is 0 Å². The van der Waals surface area contributed by atoms with E-state index in [0.717, 1.165) is 61.8 Å². The topological polar surface area (TPSA) is 72.2 Å². The van der Waals surface area contributed by atoms with Crippen molar-refractivity contribution in [2.24, 2.45) is 0 Å². The minimum absolute atomic E-state index is 0.597. The van der Waals surface area contributed by atoms with Crippen LogP contribution in [-0.2, 0) is 0 Å². The van der Waals surface area contributed by atoms with Crippen molar-refractivity contribution in [2.45, 2.75) is 12.8 Å². The largest absolute Gasteiger partial charge is 0.368 e. The van der Waals surface area contributed by atoms with Gasteiger partial charge in [0.15, 0.2) is 0 Å². The Balaban J connectivity index is 1.35. The molecule has 2 aliphatic heterocycles.